The Morgan fingerprint density at radius 1 is 1.29 bits per heavy atom. The summed E-state index contributed by atoms with van der Waals surface area (Å²) in [7, 11) is 0. The molecule has 0 aliphatic heterocycles. The van der Waals surface area contributed by atoms with Gasteiger partial charge in [-0.3, -0.25) is 0 Å². The van der Waals surface area contributed by atoms with Crippen molar-refractivity contribution in [3.05, 3.63) is 12.2 Å². The van der Waals surface area contributed by atoms with Crippen LogP contribution in [0.1, 0.15) is 59.3 Å². The SMILES string of the molecule is C=C1CCCC2(C)CCC(O)(C(C)(C)O)CC12. The van der Waals surface area contributed by atoms with Crippen LogP contribution in [-0.4, -0.2) is 21.4 Å². The summed E-state index contributed by atoms with van der Waals surface area (Å²) in [5, 5.41) is 20.9. The van der Waals surface area contributed by atoms with E-state index in [0.29, 0.717) is 24.2 Å². The van der Waals surface area contributed by atoms with E-state index in [2.05, 4.69) is 13.5 Å². The van der Waals surface area contributed by atoms with Crippen LogP contribution in [0, 0.1) is 11.3 Å². The molecule has 2 aliphatic rings. The summed E-state index contributed by atoms with van der Waals surface area (Å²) in [4.78, 5) is 0. The Morgan fingerprint density at radius 3 is 2.53 bits per heavy atom. The van der Waals surface area contributed by atoms with Gasteiger partial charge in [0.1, 0.15) is 0 Å². The number of hydrogen-bond donors (Lipinski definition) is 2. The van der Waals surface area contributed by atoms with Crippen LogP contribution in [0.25, 0.3) is 0 Å². The van der Waals surface area contributed by atoms with Gasteiger partial charge in [0.05, 0.1) is 11.2 Å². The molecule has 0 spiro atoms. The van der Waals surface area contributed by atoms with Crippen molar-refractivity contribution in [2.45, 2.75) is 70.5 Å². The zero-order valence-electron chi connectivity index (χ0n) is 11.4. The van der Waals surface area contributed by atoms with Crippen molar-refractivity contribution < 1.29 is 10.2 Å². The molecule has 0 aromatic heterocycles. The Labute approximate surface area is 105 Å². The second kappa shape index (κ2) is 3.83. The lowest BCUT2D eigenvalue weighted by Gasteiger charge is -2.54. The smallest absolute Gasteiger partial charge is 0.0934 e. The third kappa shape index (κ3) is 2.06. The molecule has 0 heterocycles. The third-order valence-corrected chi connectivity index (χ3v) is 5.37. The molecule has 0 aromatic rings. The van der Waals surface area contributed by atoms with Crippen LogP contribution in [0.5, 0.6) is 0 Å². The zero-order valence-corrected chi connectivity index (χ0v) is 11.4. The molecular weight excluding hydrogens is 212 g/mol. The van der Waals surface area contributed by atoms with Gasteiger partial charge in [-0.1, -0.05) is 19.1 Å². The van der Waals surface area contributed by atoms with Crippen LogP contribution in [-0.2, 0) is 0 Å². The molecular formula is C15H26O2. The molecule has 2 N–H and O–H groups in total. The first-order valence-corrected chi connectivity index (χ1v) is 6.80. The van der Waals surface area contributed by atoms with E-state index >= 15 is 0 Å². The minimum Gasteiger partial charge on any atom is -0.387 e. The molecule has 98 valence electrons. The van der Waals surface area contributed by atoms with Gasteiger partial charge in [0, 0.05) is 0 Å². The summed E-state index contributed by atoms with van der Waals surface area (Å²) in [6, 6.07) is 0. The average Bonchev–Trinajstić information content (AvgIpc) is 2.19. The monoisotopic (exact) mass is 238 g/mol. The Bertz CT molecular complexity index is 328. The van der Waals surface area contributed by atoms with Gasteiger partial charge in [0.15, 0.2) is 0 Å². The predicted octanol–water partition coefficient (Wildman–Crippen LogP) is 3.03. The van der Waals surface area contributed by atoms with Crippen molar-refractivity contribution in [1.29, 1.82) is 0 Å². The van der Waals surface area contributed by atoms with E-state index in [1.807, 2.05) is 0 Å². The second-order valence-electron chi connectivity index (χ2n) is 7.01. The summed E-state index contributed by atoms with van der Waals surface area (Å²) >= 11 is 0. The van der Waals surface area contributed by atoms with Crippen LogP contribution in [0.3, 0.4) is 0 Å². The lowest BCUT2D eigenvalue weighted by atomic mass is 9.54. The summed E-state index contributed by atoms with van der Waals surface area (Å²) in [5.41, 5.74) is -0.391. The van der Waals surface area contributed by atoms with Gasteiger partial charge < -0.3 is 10.2 Å². The number of allylic oxidation sites excluding steroid dienone is 1. The van der Waals surface area contributed by atoms with Crippen LogP contribution in [0.4, 0.5) is 0 Å². The van der Waals surface area contributed by atoms with E-state index in [9.17, 15) is 10.2 Å². The van der Waals surface area contributed by atoms with Gasteiger partial charge >= 0.3 is 0 Å². The Hall–Kier alpha value is -0.340. The second-order valence-corrected chi connectivity index (χ2v) is 7.01. The van der Waals surface area contributed by atoms with E-state index in [-0.39, 0.29) is 0 Å². The maximum Gasteiger partial charge on any atom is 0.0934 e. The standard InChI is InChI=1S/C15H26O2/c1-11-6-5-7-14(4)8-9-15(17,10-12(11)14)13(2,3)16/h12,16-17H,1,5-10H2,2-4H3. The van der Waals surface area contributed by atoms with Crippen molar-refractivity contribution in [3.8, 4) is 0 Å². The minimum absolute atomic E-state index is 0.298. The van der Waals surface area contributed by atoms with Gasteiger partial charge in [-0.15, -0.1) is 0 Å². The first-order valence-electron chi connectivity index (χ1n) is 6.80. The first-order chi connectivity index (χ1) is 7.68. The summed E-state index contributed by atoms with van der Waals surface area (Å²) in [5.74, 6) is 0.376. The van der Waals surface area contributed by atoms with Crippen molar-refractivity contribution >= 4 is 0 Å². The molecule has 2 nitrogen and oxygen atoms in total. The number of rotatable bonds is 1. The van der Waals surface area contributed by atoms with E-state index in [4.69, 9.17) is 0 Å². The number of aliphatic hydroxyl groups is 2. The quantitative estimate of drug-likeness (QED) is 0.689. The van der Waals surface area contributed by atoms with Crippen molar-refractivity contribution in [3.63, 3.8) is 0 Å². The lowest BCUT2D eigenvalue weighted by Crippen LogP contribution is -2.56. The summed E-state index contributed by atoms with van der Waals surface area (Å²) < 4.78 is 0. The molecule has 3 unspecified atom stereocenters. The molecule has 2 aliphatic carbocycles. The van der Waals surface area contributed by atoms with Crippen molar-refractivity contribution in [2.75, 3.05) is 0 Å². The van der Waals surface area contributed by atoms with Crippen LogP contribution in [0.15, 0.2) is 12.2 Å². The highest BCUT2D eigenvalue weighted by atomic mass is 16.4. The summed E-state index contributed by atoms with van der Waals surface area (Å²) in [6.07, 6.45) is 5.92. The lowest BCUT2D eigenvalue weighted by molar-refractivity contribution is -0.174. The highest BCUT2D eigenvalue weighted by molar-refractivity contribution is 5.16. The Balaban J connectivity index is 2.25. The molecule has 2 rings (SSSR count). The Kier molecular flexibility index (Phi) is 2.95. The highest BCUT2D eigenvalue weighted by Gasteiger charge is 2.53. The van der Waals surface area contributed by atoms with Crippen molar-refractivity contribution in [1.82, 2.24) is 0 Å². The van der Waals surface area contributed by atoms with Gasteiger partial charge in [-0.2, -0.15) is 0 Å². The predicted molar refractivity (Wildman–Crippen MR) is 69.7 cm³/mol. The number of hydrogen-bond acceptors (Lipinski definition) is 2. The maximum absolute atomic E-state index is 10.7. The fourth-order valence-corrected chi connectivity index (χ4v) is 3.74. The van der Waals surface area contributed by atoms with E-state index < -0.39 is 11.2 Å². The number of fused-ring (bicyclic) bond motifs is 1. The fourth-order valence-electron chi connectivity index (χ4n) is 3.74. The molecule has 2 fully saturated rings. The fraction of sp³-hybridized carbons (Fsp3) is 0.867. The van der Waals surface area contributed by atoms with Gasteiger partial charge in [-0.05, 0) is 63.7 Å². The van der Waals surface area contributed by atoms with E-state index in [1.165, 1.54) is 18.4 Å². The average molecular weight is 238 g/mol. The van der Waals surface area contributed by atoms with Crippen LogP contribution < -0.4 is 0 Å². The normalized spacial score (nSPS) is 43.4. The maximum atomic E-state index is 10.7. The highest BCUT2D eigenvalue weighted by Crippen LogP contribution is 2.56. The van der Waals surface area contributed by atoms with Crippen LogP contribution >= 0.6 is 0 Å². The van der Waals surface area contributed by atoms with Gasteiger partial charge in [0.2, 0.25) is 0 Å². The molecule has 0 bridgehead atoms. The summed E-state index contributed by atoms with van der Waals surface area (Å²) in [6.45, 7) is 9.97. The molecule has 0 amide bonds. The van der Waals surface area contributed by atoms with Crippen molar-refractivity contribution in [2.24, 2.45) is 11.3 Å². The van der Waals surface area contributed by atoms with Crippen LogP contribution in [0.2, 0.25) is 0 Å². The Morgan fingerprint density at radius 2 is 1.94 bits per heavy atom. The molecule has 17 heavy (non-hydrogen) atoms. The largest absolute Gasteiger partial charge is 0.387 e. The topological polar surface area (TPSA) is 40.5 Å². The molecule has 0 radical (unpaired) electrons. The van der Waals surface area contributed by atoms with Gasteiger partial charge in [-0.25, -0.2) is 0 Å². The first kappa shape index (κ1) is 13.1. The molecule has 2 saturated carbocycles. The molecule has 3 atom stereocenters. The van der Waals surface area contributed by atoms with E-state index in [0.717, 1.165) is 12.8 Å². The molecule has 0 aromatic carbocycles. The molecule has 0 saturated heterocycles. The third-order valence-electron chi connectivity index (χ3n) is 5.37. The van der Waals surface area contributed by atoms with Gasteiger partial charge in [0.25, 0.3) is 0 Å². The minimum atomic E-state index is -1.02. The molecule has 2 heteroatoms. The zero-order chi connectivity index (χ0) is 12.9. The van der Waals surface area contributed by atoms with E-state index in [1.54, 1.807) is 13.8 Å².